The minimum absolute atomic E-state index is 0.0798. The van der Waals surface area contributed by atoms with Crippen molar-refractivity contribution in [1.82, 2.24) is 19.7 Å². The number of hydrogen-bond acceptors (Lipinski definition) is 5. The summed E-state index contributed by atoms with van der Waals surface area (Å²) in [6.45, 7) is 3.82. The van der Waals surface area contributed by atoms with Gasteiger partial charge in [0.05, 0.1) is 11.2 Å². The van der Waals surface area contributed by atoms with Crippen molar-refractivity contribution in [1.29, 1.82) is 0 Å². The summed E-state index contributed by atoms with van der Waals surface area (Å²) in [5.74, 6) is 0.569. The minimum atomic E-state index is -3.52. The Morgan fingerprint density at radius 2 is 2.12 bits per heavy atom. The predicted octanol–water partition coefficient (Wildman–Crippen LogP) is 0.962. The average molecular weight is 272 g/mol. The second-order valence-corrected chi connectivity index (χ2v) is 6.56. The molecule has 0 atom stereocenters. The Hall–Kier alpha value is -1.25. The van der Waals surface area contributed by atoms with E-state index >= 15 is 0 Å². The highest BCUT2D eigenvalue weighted by atomic mass is 32.2. The molecule has 17 heavy (non-hydrogen) atoms. The summed E-state index contributed by atoms with van der Waals surface area (Å²) in [4.78, 5) is 11.5. The summed E-state index contributed by atoms with van der Waals surface area (Å²) in [7, 11) is -3.52. The smallest absolute Gasteiger partial charge is 0.257 e. The van der Waals surface area contributed by atoms with Gasteiger partial charge in [-0.05, 0) is 13.8 Å². The van der Waals surface area contributed by atoms with E-state index in [2.05, 4.69) is 19.7 Å². The van der Waals surface area contributed by atoms with Gasteiger partial charge >= 0.3 is 0 Å². The second kappa shape index (κ2) is 4.55. The van der Waals surface area contributed by atoms with Crippen molar-refractivity contribution in [3.05, 3.63) is 28.1 Å². The first-order valence-electron chi connectivity index (χ1n) is 4.90. The minimum Gasteiger partial charge on any atom is -0.332 e. The van der Waals surface area contributed by atoms with E-state index in [9.17, 15) is 8.42 Å². The summed E-state index contributed by atoms with van der Waals surface area (Å²) < 4.78 is 26.1. The summed E-state index contributed by atoms with van der Waals surface area (Å²) >= 11 is 1.46. The van der Waals surface area contributed by atoms with Gasteiger partial charge in [-0.25, -0.2) is 23.1 Å². The van der Waals surface area contributed by atoms with Crippen LogP contribution in [0, 0.1) is 13.8 Å². The Balaban J connectivity index is 2.08. The molecule has 0 saturated carbocycles. The van der Waals surface area contributed by atoms with Gasteiger partial charge in [-0.1, -0.05) is 0 Å². The van der Waals surface area contributed by atoms with Crippen LogP contribution in [0.2, 0.25) is 0 Å². The highest BCUT2D eigenvalue weighted by Crippen LogP contribution is 2.12. The number of rotatable bonds is 4. The van der Waals surface area contributed by atoms with Gasteiger partial charge < -0.3 is 4.98 Å². The number of imidazole rings is 1. The lowest BCUT2D eigenvalue weighted by molar-refractivity contribution is 0.578. The van der Waals surface area contributed by atoms with Crippen molar-refractivity contribution in [3.63, 3.8) is 0 Å². The van der Waals surface area contributed by atoms with Gasteiger partial charge in [0.25, 0.3) is 10.0 Å². The van der Waals surface area contributed by atoms with Gasteiger partial charge in [0.2, 0.25) is 0 Å². The molecule has 0 amide bonds. The van der Waals surface area contributed by atoms with Crippen molar-refractivity contribution in [2.24, 2.45) is 0 Å². The Bertz CT molecular complexity index is 614. The zero-order chi connectivity index (χ0) is 12.5. The van der Waals surface area contributed by atoms with Crippen molar-refractivity contribution in [2.75, 3.05) is 0 Å². The fourth-order valence-electron chi connectivity index (χ4n) is 1.27. The molecular weight excluding hydrogens is 260 g/mol. The van der Waals surface area contributed by atoms with E-state index in [0.29, 0.717) is 5.82 Å². The third kappa shape index (κ3) is 2.90. The molecule has 0 aliphatic rings. The van der Waals surface area contributed by atoms with E-state index in [4.69, 9.17) is 0 Å². The zero-order valence-corrected chi connectivity index (χ0v) is 11.0. The second-order valence-electron chi connectivity index (χ2n) is 3.50. The summed E-state index contributed by atoms with van der Waals surface area (Å²) in [5, 5.41) is 0.993. The van der Waals surface area contributed by atoms with E-state index in [1.807, 2.05) is 6.92 Å². The summed E-state index contributed by atoms with van der Waals surface area (Å²) in [6, 6.07) is 0. The molecule has 2 heterocycles. The lowest BCUT2D eigenvalue weighted by atomic mass is 10.6. The lowest BCUT2D eigenvalue weighted by Crippen LogP contribution is -2.23. The molecule has 0 aliphatic carbocycles. The van der Waals surface area contributed by atoms with Crippen LogP contribution in [0.15, 0.2) is 17.4 Å². The molecule has 2 aromatic rings. The third-order valence-electron chi connectivity index (χ3n) is 2.07. The summed E-state index contributed by atoms with van der Waals surface area (Å²) in [5.41, 5.74) is 0. The van der Waals surface area contributed by atoms with Crippen LogP contribution < -0.4 is 4.72 Å². The maximum absolute atomic E-state index is 11.8. The first-order chi connectivity index (χ1) is 7.97. The SMILES string of the molecule is Cc1ncc(S(=O)(=O)NCc2cnc(C)s2)[nH]1. The fourth-order valence-corrected chi connectivity index (χ4v) is 3.07. The number of sulfonamides is 1. The summed E-state index contributed by atoms with van der Waals surface area (Å²) in [6.07, 6.45) is 2.97. The average Bonchev–Trinajstić information content (AvgIpc) is 2.85. The molecule has 0 bridgehead atoms. The molecular formula is C9H12N4O2S2. The van der Waals surface area contributed by atoms with Crippen LogP contribution in [-0.2, 0) is 16.6 Å². The highest BCUT2D eigenvalue weighted by Gasteiger charge is 2.16. The van der Waals surface area contributed by atoms with Gasteiger partial charge in [-0.2, -0.15) is 0 Å². The molecule has 0 saturated heterocycles. The number of aromatic amines is 1. The Morgan fingerprint density at radius 1 is 1.35 bits per heavy atom. The number of aromatic nitrogens is 3. The van der Waals surface area contributed by atoms with E-state index in [-0.39, 0.29) is 11.6 Å². The predicted molar refractivity (Wildman–Crippen MR) is 64.2 cm³/mol. The largest absolute Gasteiger partial charge is 0.332 e. The molecule has 0 aliphatic heterocycles. The van der Waals surface area contributed by atoms with Crippen molar-refractivity contribution < 1.29 is 8.42 Å². The van der Waals surface area contributed by atoms with Crippen molar-refractivity contribution in [2.45, 2.75) is 25.4 Å². The Morgan fingerprint density at radius 3 is 2.65 bits per heavy atom. The standard InChI is InChI=1S/C9H12N4O2S2/c1-6-10-5-9(13-6)17(14,15)12-4-8-3-11-7(2)16-8/h3,5,12H,4H2,1-2H3,(H,10,13). The molecule has 0 aromatic carbocycles. The number of nitrogens with zero attached hydrogens (tertiary/aromatic N) is 2. The molecule has 0 spiro atoms. The van der Waals surface area contributed by atoms with Gasteiger partial charge in [0, 0.05) is 17.6 Å². The topological polar surface area (TPSA) is 87.7 Å². The van der Waals surface area contributed by atoms with Gasteiger partial charge in [0.15, 0.2) is 5.03 Å². The first kappa shape index (κ1) is 12.2. The highest BCUT2D eigenvalue weighted by molar-refractivity contribution is 7.89. The fraction of sp³-hybridized carbons (Fsp3) is 0.333. The Kier molecular flexibility index (Phi) is 3.27. The first-order valence-corrected chi connectivity index (χ1v) is 7.20. The van der Waals surface area contributed by atoms with E-state index in [1.165, 1.54) is 17.5 Å². The van der Waals surface area contributed by atoms with E-state index in [0.717, 1.165) is 9.88 Å². The molecule has 2 aromatic heterocycles. The van der Waals surface area contributed by atoms with Crippen LogP contribution >= 0.6 is 11.3 Å². The molecule has 6 nitrogen and oxygen atoms in total. The molecule has 0 radical (unpaired) electrons. The molecule has 8 heteroatoms. The number of aryl methyl sites for hydroxylation is 2. The quantitative estimate of drug-likeness (QED) is 0.867. The van der Waals surface area contributed by atoms with Crippen LogP contribution in [-0.4, -0.2) is 23.4 Å². The van der Waals surface area contributed by atoms with E-state index < -0.39 is 10.0 Å². The van der Waals surface area contributed by atoms with Gasteiger partial charge in [-0.3, -0.25) is 0 Å². The Labute approximate surface area is 103 Å². The molecule has 2 rings (SSSR count). The van der Waals surface area contributed by atoms with Crippen LogP contribution in [0.3, 0.4) is 0 Å². The van der Waals surface area contributed by atoms with Gasteiger partial charge in [-0.15, -0.1) is 11.3 Å². The number of hydrogen-bond donors (Lipinski definition) is 2. The maximum atomic E-state index is 11.8. The van der Waals surface area contributed by atoms with Gasteiger partial charge in [0.1, 0.15) is 5.82 Å². The third-order valence-corrected chi connectivity index (χ3v) is 4.30. The monoisotopic (exact) mass is 272 g/mol. The van der Waals surface area contributed by atoms with Crippen molar-refractivity contribution >= 4 is 21.4 Å². The maximum Gasteiger partial charge on any atom is 0.257 e. The van der Waals surface area contributed by atoms with Crippen LogP contribution in [0.5, 0.6) is 0 Å². The van der Waals surface area contributed by atoms with Crippen LogP contribution in [0.1, 0.15) is 15.7 Å². The zero-order valence-electron chi connectivity index (χ0n) is 9.39. The number of nitrogens with one attached hydrogen (secondary N) is 2. The van der Waals surface area contributed by atoms with Crippen LogP contribution in [0.25, 0.3) is 0 Å². The molecule has 92 valence electrons. The number of thiazole rings is 1. The van der Waals surface area contributed by atoms with Crippen LogP contribution in [0.4, 0.5) is 0 Å². The lowest BCUT2D eigenvalue weighted by Gasteiger charge is -2.01. The van der Waals surface area contributed by atoms with Crippen molar-refractivity contribution in [3.8, 4) is 0 Å². The normalized spacial score (nSPS) is 11.9. The molecule has 0 fully saturated rings. The molecule has 2 N–H and O–H groups in total. The molecule has 0 unspecified atom stereocenters. The van der Waals surface area contributed by atoms with E-state index in [1.54, 1.807) is 13.1 Å². The number of H-pyrrole nitrogens is 1.